The van der Waals surface area contributed by atoms with E-state index in [1.807, 2.05) is 13.0 Å². The van der Waals surface area contributed by atoms with Gasteiger partial charge in [0.25, 0.3) is 5.91 Å². The number of rotatable bonds is 3. The lowest BCUT2D eigenvalue weighted by molar-refractivity contribution is -0.136. The molecule has 0 radical (unpaired) electrons. The summed E-state index contributed by atoms with van der Waals surface area (Å²) in [5.41, 5.74) is -0.265. The van der Waals surface area contributed by atoms with E-state index in [0.717, 1.165) is 33.1 Å². The molecule has 0 bridgehead atoms. The zero-order valence-electron chi connectivity index (χ0n) is 13.8. The molecule has 2 aliphatic rings. The number of nitrogens with zero attached hydrogens (tertiary/aromatic N) is 1. The van der Waals surface area contributed by atoms with E-state index in [9.17, 15) is 14.4 Å². The molecule has 0 aromatic heterocycles. The first-order chi connectivity index (χ1) is 11.8. The first kappa shape index (κ1) is 18.4. The molecule has 2 unspecified atom stereocenters. The summed E-state index contributed by atoms with van der Waals surface area (Å²) in [7, 11) is 0. The second-order valence-corrected chi connectivity index (χ2v) is 8.38. The molecular formula is C17H19Br2N3O3. The smallest absolute Gasteiger partial charge is 0.323 e. The predicted octanol–water partition coefficient (Wildman–Crippen LogP) is 3.65. The largest absolute Gasteiger partial charge is 0.325 e. The van der Waals surface area contributed by atoms with E-state index in [1.165, 1.54) is 0 Å². The third-order valence-electron chi connectivity index (χ3n) is 5.01. The van der Waals surface area contributed by atoms with Gasteiger partial charge in [0.15, 0.2) is 0 Å². The van der Waals surface area contributed by atoms with Crippen molar-refractivity contribution < 1.29 is 14.4 Å². The highest BCUT2D eigenvalue weighted by molar-refractivity contribution is 9.11. The summed E-state index contributed by atoms with van der Waals surface area (Å²) in [4.78, 5) is 38.6. The summed E-state index contributed by atoms with van der Waals surface area (Å²) in [6.07, 6.45) is 3.50. The number of imide groups is 1. The van der Waals surface area contributed by atoms with Gasteiger partial charge in [0.1, 0.15) is 12.1 Å². The number of hydrogen-bond donors (Lipinski definition) is 2. The zero-order chi connectivity index (χ0) is 18.2. The Balaban J connectivity index is 1.72. The molecule has 1 aliphatic heterocycles. The summed E-state index contributed by atoms with van der Waals surface area (Å²) in [5, 5.41) is 5.58. The number of halogens is 2. The van der Waals surface area contributed by atoms with Crippen molar-refractivity contribution in [3.8, 4) is 0 Å². The van der Waals surface area contributed by atoms with Crippen molar-refractivity contribution in [3.05, 3.63) is 27.1 Å². The molecule has 25 heavy (non-hydrogen) atoms. The van der Waals surface area contributed by atoms with Crippen LogP contribution in [0.25, 0.3) is 0 Å². The van der Waals surface area contributed by atoms with E-state index < -0.39 is 17.5 Å². The minimum atomic E-state index is -0.841. The van der Waals surface area contributed by atoms with Gasteiger partial charge in [-0.15, -0.1) is 0 Å². The maximum absolute atomic E-state index is 12.9. The molecule has 1 aromatic carbocycles. The average Bonchev–Trinajstić information content (AvgIpc) is 2.79. The van der Waals surface area contributed by atoms with Crippen LogP contribution >= 0.6 is 31.9 Å². The van der Waals surface area contributed by atoms with Crippen LogP contribution in [0.5, 0.6) is 0 Å². The van der Waals surface area contributed by atoms with Gasteiger partial charge in [-0.2, -0.15) is 0 Å². The van der Waals surface area contributed by atoms with Crippen LogP contribution in [0.3, 0.4) is 0 Å². The van der Waals surface area contributed by atoms with Gasteiger partial charge in [0.05, 0.1) is 5.69 Å². The van der Waals surface area contributed by atoms with Crippen molar-refractivity contribution in [3.63, 3.8) is 0 Å². The third kappa shape index (κ3) is 3.46. The molecule has 2 N–H and O–H groups in total. The van der Waals surface area contributed by atoms with Crippen LogP contribution in [-0.2, 0) is 9.59 Å². The van der Waals surface area contributed by atoms with Gasteiger partial charge in [-0.3, -0.25) is 14.5 Å². The van der Waals surface area contributed by atoms with E-state index in [-0.39, 0.29) is 18.4 Å². The maximum atomic E-state index is 12.9. The van der Waals surface area contributed by atoms with Crippen molar-refractivity contribution in [2.45, 2.75) is 38.1 Å². The Hall–Kier alpha value is -1.41. The summed E-state index contributed by atoms with van der Waals surface area (Å²) in [6, 6.07) is 4.90. The van der Waals surface area contributed by atoms with Crippen LogP contribution in [-0.4, -0.2) is 34.8 Å². The molecular weight excluding hydrogens is 454 g/mol. The quantitative estimate of drug-likeness (QED) is 0.659. The first-order valence-corrected chi connectivity index (χ1v) is 9.81. The Labute approximate surface area is 163 Å². The van der Waals surface area contributed by atoms with Gasteiger partial charge >= 0.3 is 6.03 Å². The van der Waals surface area contributed by atoms with Crippen molar-refractivity contribution in [1.82, 2.24) is 10.2 Å². The monoisotopic (exact) mass is 471 g/mol. The van der Waals surface area contributed by atoms with Gasteiger partial charge in [-0.25, -0.2) is 4.79 Å². The Morgan fingerprint density at radius 1 is 1.36 bits per heavy atom. The second kappa shape index (κ2) is 7.07. The molecule has 1 heterocycles. The lowest BCUT2D eigenvalue weighted by Gasteiger charge is -2.36. The molecule has 1 aliphatic carbocycles. The summed E-state index contributed by atoms with van der Waals surface area (Å²) >= 11 is 6.71. The van der Waals surface area contributed by atoms with Crippen molar-refractivity contribution in [2.75, 3.05) is 11.9 Å². The highest BCUT2D eigenvalue weighted by Crippen LogP contribution is 2.38. The topological polar surface area (TPSA) is 78.5 Å². The number of carbonyl (C=O) groups is 3. The number of urea groups is 1. The average molecular weight is 473 g/mol. The van der Waals surface area contributed by atoms with Crippen LogP contribution in [0, 0.1) is 5.92 Å². The molecule has 2 atom stereocenters. The predicted molar refractivity (Wildman–Crippen MR) is 101 cm³/mol. The first-order valence-electron chi connectivity index (χ1n) is 8.22. The molecule has 3 rings (SSSR count). The highest BCUT2D eigenvalue weighted by Gasteiger charge is 2.55. The van der Waals surface area contributed by atoms with E-state index in [2.05, 4.69) is 42.5 Å². The maximum Gasteiger partial charge on any atom is 0.325 e. The minimum absolute atomic E-state index is 0.0741. The van der Waals surface area contributed by atoms with Crippen molar-refractivity contribution in [2.24, 2.45) is 5.92 Å². The molecule has 1 aromatic rings. The molecule has 1 spiro atoms. The number of carbonyl (C=O) groups excluding carboxylic acids is 3. The van der Waals surface area contributed by atoms with Gasteiger partial charge in [-0.1, -0.05) is 35.7 Å². The SMILES string of the molecule is CC1CCCCC12NC(=O)N(CC(=O)Nc1cc(Br)ccc1Br)C2=O. The summed E-state index contributed by atoms with van der Waals surface area (Å²) in [5.74, 6) is -0.624. The van der Waals surface area contributed by atoms with Crippen molar-refractivity contribution >= 4 is 55.4 Å². The molecule has 4 amide bonds. The number of anilines is 1. The summed E-state index contributed by atoms with van der Waals surface area (Å²) in [6.45, 7) is 1.69. The summed E-state index contributed by atoms with van der Waals surface area (Å²) < 4.78 is 1.54. The fraction of sp³-hybridized carbons (Fsp3) is 0.471. The number of benzene rings is 1. The molecule has 6 nitrogen and oxygen atoms in total. The fourth-order valence-corrected chi connectivity index (χ4v) is 4.27. The standard InChI is InChI=1S/C17H19Br2N3O3/c1-10-4-2-3-7-17(10)15(24)22(16(25)21-17)9-14(23)20-13-8-11(18)5-6-12(13)19/h5-6,8,10H,2-4,7,9H2,1H3,(H,20,23)(H,21,25). The second-order valence-electron chi connectivity index (χ2n) is 6.61. The van der Waals surface area contributed by atoms with Crippen LogP contribution in [0.15, 0.2) is 27.1 Å². The van der Waals surface area contributed by atoms with Crippen LogP contribution in [0.2, 0.25) is 0 Å². The Bertz CT molecular complexity index is 740. The van der Waals surface area contributed by atoms with Crippen LogP contribution in [0.1, 0.15) is 32.6 Å². The zero-order valence-corrected chi connectivity index (χ0v) is 16.9. The molecule has 2 fully saturated rings. The molecule has 8 heteroatoms. The van der Waals surface area contributed by atoms with E-state index in [4.69, 9.17) is 0 Å². The fourth-order valence-electron chi connectivity index (χ4n) is 3.57. The lowest BCUT2D eigenvalue weighted by atomic mass is 9.73. The van der Waals surface area contributed by atoms with E-state index in [0.29, 0.717) is 12.1 Å². The number of hydrogen-bond acceptors (Lipinski definition) is 3. The lowest BCUT2D eigenvalue weighted by Crippen LogP contribution is -2.54. The van der Waals surface area contributed by atoms with Gasteiger partial charge < -0.3 is 10.6 Å². The normalized spacial score (nSPS) is 26.0. The Morgan fingerprint density at radius 3 is 2.84 bits per heavy atom. The Kier molecular flexibility index (Phi) is 5.20. The third-order valence-corrected chi connectivity index (χ3v) is 6.19. The molecule has 1 saturated carbocycles. The van der Waals surface area contributed by atoms with E-state index >= 15 is 0 Å². The molecule has 134 valence electrons. The van der Waals surface area contributed by atoms with Gasteiger partial charge in [0.2, 0.25) is 5.91 Å². The number of amides is 4. The van der Waals surface area contributed by atoms with Crippen molar-refractivity contribution in [1.29, 1.82) is 0 Å². The number of nitrogens with one attached hydrogen (secondary N) is 2. The van der Waals surface area contributed by atoms with E-state index in [1.54, 1.807) is 12.1 Å². The van der Waals surface area contributed by atoms with Gasteiger partial charge in [0, 0.05) is 8.95 Å². The van der Waals surface area contributed by atoms with Crippen LogP contribution < -0.4 is 10.6 Å². The Morgan fingerprint density at radius 2 is 2.12 bits per heavy atom. The van der Waals surface area contributed by atoms with Crippen LogP contribution in [0.4, 0.5) is 10.5 Å². The highest BCUT2D eigenvalue weighted by atomic mass is 79.9. The van der Waals surface area contributed by atoms with Gasteiger partial charge in [-0.05, 0) is 52.9 Å². The minimum Gasteiger partial charge on any atom is -0.323 e. The molecule has 1 saturated heterocycles.